The summed E-state index contributed by atoms with van der Waals surface area (Å²) in [6.07, 6.45) is 2.60. The van der Waals surface area contributed by atoms with Crippen LogP contribution in [0.4, 0.5) is 5.69 Å². The van der Waals surface area contributed by atoms with Gasteiger partial charge in [0.1, 0.15) is 11.6 Å². The van der Waals surface area contributed by atoms with Crippen molar-refractivity contribution in [1.29, 1.82) is 5.26 Å². The fourth-order valence-corrected chi connectivity index (χ4v) is 3.30. The second-order valence-electron chi connectivity index (χ2n) is 7.39. The number of amides is 1. The summed E-state index contributed by atoms with van der Waals surface area (Å²) < 4.78 is 0. The van der Waals surface area contributed by atoms with Gasteiger partial charge in [0.25, 0.3) is 5.91 Å². The summed E-state index contributed by atoms with van der Waals surface area (Å²) in [5, 5.41) is 12.7. The van der Waals surface area contributed by atoms with Gasteiger partial charge in [-0.2, -0.15) is 5.26 Å². The van der Waals surface area contributed by atoms with Gasteiger partial charge in [0.2, 0.25) is 0 Å². The first kappa shape index (κ1) is 21.9. The lowest BCUT2D eigenvalue weighted by Crippen LogP contribution is -2.29. The van der Waals surface area contributed by atoms with Crippen LogP contribution in [0.15, 0.2) is 96.7 Å². The number of nitrogens with one attached hydrogen (secondary N) is 1. The van der Waals surface area contributed by atoms with E-state index in [2.05, 4.69) is 30.4 Å². The number of benzene rings is 3. The third kappa shape index (κ3) is 6.07. The second kappa shape index (κ2) is 10.8. The third-order valence-corrected chi connectivity index (χ3v) is 5.17. The number of rotatable bonds is 8. The first-order valence-electron chi connectivity index (χ1n) is 10.5. The Labute approximate surface area is 184 Å². The fourth-order valence-electron chi connectivity index (χ4n) is 3.30. The van der Waals surface area contributed by atoms with Gasteiger partial charge in [0, 0.05) is 18.4 Å². The largest absolute Gasteiger partial charge is 0.345 e. The first-order valence-corrected chi connectivity index (χ1v) is 10.5. The average Bonchev–Trinajstić information content (AvgIpc) is 2.82. The van der Waals surface area contributed by atoms with Gasteiger partial charge in [0.15, 0.2) is 0 Å². The summed E-state index contributed by atoms with van der Waals surface area (Å²) in [6, 6.07) is 29.8. The normalized spacial score (nSPS) is 12.0. The fraction of sp³-hybridized carbons (Fsp3) is 0.185. The molecule has 0 aliphatic rings. The van der Waals surface area contributed by atoms with Gasteiger partial charge < -0.3 is 10.2 Å². The molecule has 1 atom stereocenters. The second-order valence-corrected chi connectivity index (χ2v) is 7.39. The Morgan fingerprint density at radius 1 is 0.968 bits per heavy atom. The Morgan fingerprint density at radius 3 is 2.16 bits per heavy atom. The average molecular weight is 410 g/mol. The Balaban J connectivity index is 1.81. The topological polar surface area (TPSA) is 56.1 Å². The van der Waals surface area contributed by atoms with E-state index in [1.54, 1.807) is 6.20 Å². The van der Waals surface area contributed by atoms with Crippen LogP contribution in [-0.2, 0) is 17.8 Å². The van der Waals surface area contributed by atoms with Crippen LogP contribution in [0.5, 0.6) is 0 Å². The Morgan fingerprint density at radius 2 is 1.58 bits per heavy atom. The number of nitriles is 1. The maximum Gasteiger partial charge on any atom is 0.263 e. The number of hydrogen-bond donors (Lipinski definition) is 1. The van der Waals surface area contributed by atoms with Gasteiger partial charge in [-0.3, -0.25) is 4.79 Å². The van der Waals surface area contributed by atoms with Crippen molar-refractivity contribution in [3.05, 3.63) is 113 Å². The highest BCUT2D eigenvalue weighted by Gasteiger charge is 2.16. The van der Waals surface area contributed by atoms with Crippen LogP contribution < -0.4 is 10.2 Å². The number of hydrogen-bond acceptors (Lipinski definition) is 3. The number of para-hydroxylation sites is 1. The molecule has 156 valence electrons. The molecule has 0 aromatic heterocycles. The number of carbonyl (C=O) groups excluding carboxylic acids is 1. The van der Waals surface area contributed by atoms with Crippen molar-refractivity contribution >= 4 is 11.6 Å². The molecule has 0 radical (unpaired) electrons. The van der Waals surface area contributed by atoms with Gasteiger partial charge in [-0.1, -0.05) is 79.7 Å². The molecule has 3 aromatic carbocycles. The monoisotopic (exact) mass is 409 g/mol. The lowest BCUT2D eigenvalue weighted by Gasteiger charge is -2.22. The van der Waals surface area contributed by atoms with E-state index in [4.69, 9.17) is 0 Å². The van der Waals surface area contributed by atoms with E-state index in [1.807, 2.05) is 84.6 Å². The van der Waals surface area contributed by atoms with E-state index in [1.165, 1.54) is 5.56 Å². The predicted molar refractivity (Wildman–Crippen MR) is 125 cm³/mol. The Kier molecular flexibility index (Phi) is 7.61. The summed E-state index contributed by atoms with van der Waals surface area (Å²) in [5.74, 6) is -0.386. The lowest BCUT2D eigenvalue weighted by atomic mass is 10.0. The first-order chi connectivity index (χ1) is 15.1. The molecule has 1 amide bonds. The SMILES string of the molecule is CCc1ccc(C(C)NC(=O)/C(C#N)=C\N(Cc2ccccc2)c2ccccc2)cc1. The van der Waals surface area contributed by atoms with Crippen LogP contribution in [0.25, 0.3) is 0 Å². The highest BCUT2D eigenvalue weighted by molar-refractivity contribution is 5.97. The van der Waals surface area contributed by atoms with Crippen molar-refractivity contribution in [2.45, 2.75) is 32.9 Å². The molecule has 0 saturated carbocycles. The minimum absolute atomic E-state index is 0.0665. The van der Waals surface area contributed by atoms with Crippen molar-refractivity contribution in [3.8, 4) is 6.07 Å². The van der Waals surface area contributed by atoms with Crippen LogP contribution in [-0.4, -0.2) is 5.91 Å². The van der Waals surface area contributed by atoms with E-state index in [-0.39, 0.29) is 17.5 Å². The number of aryl methyl sites for hydroxylation is 1. The van der Waals surface area contributed by atoms with Crippen LogP contribution in [0.2, 0.25) is 0 Å². The zero-order valence-electron chi connectivity index (χ0n) is 18.0. The molecule has 4 nitrogen and oxygen atoms in total. The van der Waals surface area contributed by atoms with E-state index in [9.17, 15) is 10.1 Å². The van der Waals surface area contributed by atoms with E-state index in [0.717, 1.165) is 23.2 Å². The van der Waals surface area contributed by atoms with Gasteiger partial charge in [-0.05, 0) is 42.2 Å². The molecule has 0 saturated heterocycles. The molecule has 3 aromatic rings. The minimum atomic E-state index is -0.386. The van der Waals surface area contributed by atoms with Crippen LogP contribution in [0, 0.1) is 11.3 Å². The molecule has 0 aliphatic carbocycles. The minimum Gasteiger partial charge on any atom is -0.345 e. The van der Waals surface area contributed by atoms with Crippen molar-refractivity contribution in [2.75, 3.05) is 4.90 Å². The summed E-state index contributed by atoms with van der Waals surface area (Å²) in [7, 11) is 0. The molecule has 0 spiro atoms. The molecule has 0 bridgehead atoms. The molecule has 4 heteroatoms. The van der Waals surface area contributed by atoms with Gasteiger partial charge in [-0.15, -0.1) is 0 Å². The van der Waals surface area contributed by atoms with Crippen LogP contribution in [0.3, 0.4) is 0 Å². The molecule has 0 aliphatic heterocycles. The Bertz CT molecular complexity index is 1050. The van der Waals surface area contributed by atoms with Crippen LogP contribution in [0.1, 0.15) is 36.6 Å². The molecule has 0 heterocycles. The summed E-state index contributed by atoms with van der Waals surface area (Å²) >= 11 is 0. The predicted octanol–water partition coefficient (Wildman–Crippen LogP) is 5.54. The van der Waals surface area contributed by atoms with Gasteiger partial charge >= 0.3 is 0 Å². The zero-order valence-corrected chi connectivity index (χ0v) is 18.0. The molecule has 31 heavy (non-hydrogen) atoms. The van der Waals surface area contributed by atoms with Crippen LogP contribution >= 0.6 is 0 Å². The highest BCUT2D eigenvalue weighted by Crippen LogP contribution is 2.19. The zero-order chi connectivity index (χ0) is 22.1. The van der Waals surface area contributed by atoms with Crippen molar-refractivity contribution in [3.63, 3.8) is 0 Å². The lowest BCUT2D eigenvalue weighted by molar-refractivity contribution is -0.117. The molecular weight excluding hydrogens is 382 g/mol. The number of nitrogens with zero attached hydrogens (tertiary/aromatic N) is 2. The third-order valence-electron chi connectivity index (χ3n) is 5.17. The van der Waals surface area contributed by atoms with E-state index in [0.29, 0.717) is 6.54 Å². The maximum absolute atomic E-state index is 12.9. The standard InChI is InChI=1S/C27H27N3O/c1-3-22-14-16-24(17-15-22)21(2)29-27(31)25(18-28)20-30(26-12-8-5-9-13-26)19-23-10-6-4-7-11-23/h4-17,20-21H,3,19H2,1-2H3,(H,29,31)/b25-20-. The molecular formula is C27H27N3O. The highest BCUT2D eigenvalue weighted by atomic mass is 16.1. The van der Waals surface area contributed by atoms with E-state index >= 15 is 0 Å². The summed E-state index contributed by atoms with van der Waals surface area (Å²) in [5.41, 5.74) is 4.32. The number of anilines is 1. The smallest absolute Gasteiger partial charge is 0.263 e. The summed E-state index contributed by atoms with van der Waals surface area (Å²) in [6.45, 7) is 4.59. The molecule has 1 N–H and O–H groups in total. The van der Waals surface area contributed by atoms with E-state index < -0.39 is 0 Å². The molecule has 3 rings (SSSR count). The van der Waals surface area contributed by atoms with Gasteiger partial charge in [-0.25, -0.2) is 0 Å². The van der Waals surface area contributed by atoms with Crippen molar-refractivity contribution < 1.29 is 4.79 Å². The number of carbonyl (C=O) groups is 1. The van der Waals surface area contributed by atoms with Crippen molar-refractivity contribution in [2.24, 2.45) is 0 Å². The maximum atomic E-state index is 12.9. The summed E-state index contributed by atoms with van der Waals surface area (Å²) in [4.78, 5) is 14.8. The Hall–Kier alpha value is -3.84. The quantitative estimate of drug-likeness (QED) is 0.392. The molecule has 1 unspecified atom stereocenters. The van der Waals surface area contributed by atoms with Gasteiger partial charge in [0.05, 0.1) is 6.04 Å². The molecule has 0 fully saturated rings. The van der Waals surface area contributed by atoms with Crippen molar-refractivity contribution in [1.82, 2.24) is 5.32 Å².